The van der Waals surface area contributed by atoms with E-state index in [4.69, 9.17) is 0 Å². The summed E-state index contributed by atoms with van der Waals surface area (Å²) in [7, 11) is 0. The lowest BCUT2D eigenvalue weighted by Crippen LogP contribution is -2.47. The molecule has 0 aliphatic carbocycles. The maximum absolute atomic E-state index is 9.65. The highest BCUT2D eigenvalue weighted by Gasteiger charge is 2.23. The van der Waals surface area contributed by atoms with E-state index in [1.165, 1.54) is 5.69 Å². The minimum absolute atomic E-state index is 0.283. The summed E-state index contributed by atoms with van der Waals surface area (Å²) in [5.41, 5.74) is 2.02. The van der Waals surface area contributed by atoms with Gasteiger partial charge in [-0.2, -0.15) is 5.10 Å². The van der Waals surface area contributed by atoms with E-state index in [0.29, 0.717) is 0 Å². The SMILES string of the molecule is CCc1cc(CNC(C)(C)C(C)O)n(CC)n1. The lowest BCUT2D eigenvalue weighted by Gasteiger charge is -2.29. The van der Waals surface area contributed by atoms with Crippen molar-refractivity contribution in [2.45, 2.75) is 65.8 Å². The number of nitrogens with one attached hydrogen (secondary N) is 1. The van der Waals surface area contributed by atoms with E-state index in [1.807, 2.05) is 25.5 Å². The molecule has 1 rings (SSSR count). The van der Waals surface area contributed by atoms with Crippen LogP contribution in [0.5, 0.6) is 0 Å². The second-order valence-corrected chi connectivity index (χ2v) is 5.05. The standard InChI is InChI=1S/C13H25N3O/c1-6-11-8-12(16(7-2)15-11)9-14-13(4,5)10(3)17/h8,10,14,17H,6-7,9H2,1-5H3. The first-order valence-corrected chi connectivity index (χ1v) is 6.39. The van der Waals surface area contributed by atoms with Gasteiger partial charge in [-0.25, -0.2) is 0 Å². The second kappa shape index (κ2) is 5.65. The van der Waals surface area contributed by atoms with Gasteiger partial charge in [-0.3, -0.25) is 4.68 Å². The Morgan fingerprint density at radius 2 is 2.12 bits per heavy atom. The number of aryl methyl sites for hydroxylation is 2. The summed E-state index contributed by atoms with van der Waals surface area (Å²) in [5, 5.41) is 17.5. The van der Waals surface area contributed by atoms with Crippen LogP contribution in [0.3, 0.4) is 0 Å². The average molecular weight is 239 g/mol. The lowest BCUT2D eigenvalue weighted by atomic mass is 9.99. The van der Waals surface area contributed by atoms with Crippen LogP contribution in [0, 0.1) is 0 Å². The van der Waals surface area contributed by atoms with E-state index < -0.39 is 0 Å². The molecule has 0 aromatic carbocycles. The highest BCUT2D eigenvalue weighted by molar-refractivity contribution is 5.10. The Morgan fingerprint density at radius 1 is 1.47 bits per heavy atom. The Hall–Kier alpha value is -0.870. The average Bonchev–Trinajstić information content (AvgIpc) is 2.68. The van der Waals surface area contributed by atoms with Crippen LogP contribution in [-0.4, -0.2) is 26.5 Å². The van der Waals surface area contributed by atoms with E-state index in [0.717, 1.165) is 25.2 Å². The van der Waals surface area contributed by atoms with Crippen molar-refractivity contribution in [2.75, 3.05) is 0 Å². The summed E-state index contributed by atoms with van der Waals surface area (Å²) < 4.78 is 2.02. The minimum atomic E-state index is -0.383. The molecule has 4 nitrogen and oxygen atoms in total. The van der Waals surface area contributed by atoms with Gasteiger partial charge in [0.2, 0.25) is 0 Å². The molecule has 1 aromatic heterocycles. The molecule has 0 spiro atoms. The number of hydrogen-bond acceptors (Lipinski definition) is 3. The van der Waals surface area contributed by atoms with Gasteiger partial charge in [0.1, 0.15) is 0 Å². The van der Waals surface area contributed by atoms with E-state index in [2.05, 4.69) is 30.3 Å². The summed E-state index contributed by atoms with van der Waals surface area (Å²) in [6.07, 6.45) is 0.575. The molecule has 2 N–H and O–H groups in total. The lowest BCUT2D eigenvalue weighted by molar-refractivity contribution is 0.0951. The number of hydrogen-bond donors (Lipinski definition) is 2. The van der Waals surface area contributed by atoms with Gasteiger partial charge in [0.05, 0.1) is 17.5 Å². The first-order chi connectivity index (χ1) is 7.90. The van der Waals surface area contributed by atoms with Crippen LogP contribution in [0.15, 0.2) is 6.07 Å². The van der Waals surface area contributed by atoms with Gasteiger partial charge in [-0.15, -0.1) is 0 Å². The van der Waals surface area contributed by atoms with Crippen LogP contribution in [0.25, 0.3) is 0 Å². The van der Waals surface area contributed by atoms with Crippen LogP contribution >= 0.6 is 0 Å². The van der Waals surface area contributed by atoms with E-state index in [9.17, 15) is 5.11 Å². The van der Waals surface area contributed by atoms with Gasteiger partial charge in [-0.05, 0) is 40.2 Å². The molecule has 98 valence electrons. The van der Waals surface area contributed by atoms with Crippen molar-refractivity contribution in [2.24, 2.45) is 0 Å². The fourth-order valence-electron chi connectivity index (χ4n) is 1.57. The molecule has 0 fully saturated rings. The summed E-state index contributed by atoms with van der Waals surface area (Å²) in [4.78, 5) is 0. The van der Waals surface area contributed by atoms with Crippen molar-refractivity contribution in [3.05, 3.63) is 17.5 Å². The van der Waals surface area contributed by atoms with E-state index >= 15 is 0 Å². The molecule has 0 aliphatic rings. The van der Waals surface area contributed by atoms with Crippen molar-refractivity contribution in [1.82, 2.24) is 15.1 Å². The van der Waals surface area contributed by atoms with E-state index in [1.54, 1.807) is 0 Å². The second-order valence-electron chi connectivity index (χ2n) is 5.05. The summed E-state index contributed by atoms with van der Waals surface area (Å²) in [5.74, 6) is 0. The third kappa shape index (κ3) is 3.54. The topological polar surface area (TPSA) is 50.1 Å². The van der Waals surface area contributed by atoms with Crippen molar-refractivity contribution < 1.29 is 5.11 Å². The molecule has 0 radical (unpaired) electrons. The molecular formula is C13H25N3O. The van der Waals surface area contributed by atoms with Gasteiger partial charge in [-0.1, -0.05) is 6.92 Å². The molecule has 1 heterocycles. The molecule has 1 aromatic rings. The van der Waals surface area contributed by atoms with E-state index in [-0.39, 0.29) is 11.6 Å². The molecule has 0 saturated heterocycles. The molecule has 0 bridgehead atoms. The zero-order valence-electron chi connectivity index (χ0n) is 11.6. The normalized spacial score (nSPS) is 14.0. The number of aliphatic hydroxyl groups is 1. The van der Waals surface area contributed by atoms with Crippen LogP contribution in [0.2, 0.25) is 0 Å². The Bertz CT molecular complexity index is 356. The van der Waals surface area contributed by atoms with Gasteiger partial charge < -0.3 is 10.4 Å². The largest absolute Gasteiger partial charge is 0.392 e. The zero-order chi connectivity index (χ0) is 13.1. The zero-order valence-corrected chi connectivity index (χ0v) is 11.6. The fourth-order valence-corrected chi connectivity index (χ4v) is 1.57. The first-order valence-electron chi connectivity index (χ1n) is 6.39. The maximum atomic E-state index is 9.65. The number of rotatable bonds is 6. The van der Waals surface area contributed by atoms with Crippen molar-refractivity contribution >= 4 is 0 Å². The van der Waals surface area contributed by atoms with Gasteiger partial charge in [0.25, 0.3) is 0 Å². The van der Waals surface area contributed by atoms with Crippen molar-refractivity contribution in [1.29, 1.82) is 0 Å². The third-order valence-corrected chi connectivity index (χ3v) is 3.35. The molecule has 0 saturated carbocycles. The van der Waals surface area contributed by atoms with Crippen molar-refractivity contribution in [3.63, 3.8) is 0 Å². The number of aliphatic hydroxyl groups excluding tert-OH is 1. The highest BCUT2D eigenvalue weighted by atomic mass is 16.3. The fraction of sp³-hybridized carbons (Fsp3) is 0.769. The molecule has 0 amide bonds. The molecule has 0 aliphatic heterocycles. The van der Waals surface area contributed by atoms with Crippen molar-refractivity contribution in [3.8, 4) is 0 Å². The highest BCUT2D eigenvalue weighted by Crippen LogP contribution is 2.11. The molecular weight excluding hydrogens is 214 g/mol. The monoisotopic (exact) mass is 239 g/mol. The van der Waals surface area contributed by atoms with Crippen LogP contribution in [0.4, 0.5) is 0 Å². The molecule has 17 heavy (non-hydrogen) atoms. The summed E-state index contributed by atoms with van der Waals surface area (Å²) in [6, 6.07) is 2.13. The Morgan fingerprint density at radius 3 is 2.59 bits per heavy atom. The number of nitrogens with zero attached hydrogens (tertiary/aromatic N) is 2. The van der Waals surface area contributed by atoms with Crippen LogP contribution < -0.4 is 5.32 Å². The van der Waals surface area contributed by atoms with Gasteiger partial charge >= 0.3 is 0 Å². The Kier molecular flexibility index (Phi) is 4.71. The Labute approximate surface area is 104 Å². The minimum Gasteiger partial charge on any atom is -0.392 e. The molecule has 1 unspecified atom stereocenters. The predicted molar refractivity (Wildman–Crippen MR) is 69.9 cm³/mol. The van der Waals surface area contributed by atoms with Gasteiger partial charge in [0.15, 0.2) is 0 Å². The number of aromatic nitrogens is 2. The van der Waals surface area contributed by atoms with Crippen LogP contribution in [-0.2, 0) is 19.5 Å². The smallest absolute Gasteiger partial charge is 0.0688 e. The van der Waals surface area contributed by atoms with Crippen LogP contribution in [0.1, 0.15) is 46.0 Å². The third-order valence-electron chi connectivity index (χ3n) is 3.35. The maximum Gasteiger partial charge on any atom is 0.0688 e. The van der Waals surface area contributed by atoms with Gasteiger partial charge in [0, 0.05) is 18.6 Å². The quantitative estimate of drug-likeness (QED) is 0.794. The summed E-state index contributed by atoms with van der Waals surface area (Å²) in [6.45, 7) is 11.6. The predicted octanol–water partition coefficient (Wildman–Crippen LogP) is 1.71. The molecule has 4 heteroatoms. The summed E-state index contributed by atoms with van der Waals surface area (Å²) >= 11 is 0. The first kappa shape index (κ1) is 14.2. The Balaban J connectivity index is 2.71. The molecule has 1 atom stereocenters.